The van der Waals surface area contributed by atoms with Crippen molar-refractivity contribution in [2.45, 2.75) is 26.0 Å². The molecule has 1 amide bonds. The fourth-order valence-corrected chi connectivity index (χ4v) is 3.79. The molecule has 1 N–H and O–H groups in total. The molecule has 0 saturated heterocycles. The second-order valence-electron chi connectivity index (χ2n) is 7.66. The highest BCUT2D eigenvalue weighted by molar-refractivity contribution is 6.16. The van der Waals surface area contributed by atoms with Gasteiger partial charge < -0.3 is 23.9 Å². The summed E-state index contributed by atoms with van der Waals surface area (Å²) in [6.07, 6.45) is 1.56. The lowest BCUT2D eigenvalue weighted by Crippen LogP contribution is -2.35. The Morgan fingerprint density at radius 1 is 1.25 bits per heavy atom. The number of pyridine rings is 1. The van der Waals surface area contributed by atoms with E-state index in [2.05, 4.69) is 4.98 Å². The number of amides is 1. The lowest BCUT2D eigenvalue weighted by atomic mass is 9.98. The number of ketones is 1. The van der Waals surface area contributed by atoms with Crippen LogP contribution in [0.25, 0.3) is 11.0 Å². The lowest BCUT2D eigenvalue weighted by Gasteiger charge is -2.26. The van der Waals surface area contributed by atoms with Crippen molar-refractivity contribution < 1.29 is 28.6 Å². The van der Waals surface area contributed by atoms with Gasteiger partial charge in [0.2, 0.25) is 5.78 Å². The number of hydrogen-bond donors (Lipinski definition) is 1. The largest absolute Gasteiger partial charge is 0.503 e. The first-order valence-electron chi connectivity index (χ1n) is 10.3. The van der Waals surface area contributed by atoms with Gasteiger partial charge in [-0.15, -0.1) is 0 Å². The standard InChI is InChI=1S/C24H24N2O6/c1-14(2)31-12-11-26-20(16-8-4-5-10-25-16)19(22(28)24(26)29)21(27)18-13-15-7-6-9-17(30-3)23(15)32-18/h4-10,13-14,20,28H,11-12H2,1-3H3. The third kappa shape index (κ3) is 3.85. The molecule has 1 aliphatic heterocycles. The number of furan rings is 1. The van der Waals surface area contributed by atoms with Crippen LogP contribution < -0.4 is 4.74 Å². The molecule has 166 valence electrons. The molecule has 8 nitrogen and oxygen atoms in total. The Morgan fingerprint density at radius 3 is 2.75 bits per heavy atom. The average Bonchev–Trinajstić information content (AvgIpc) is 3.34. The topological polar surface area (TPSA) is 102 Å². The summed E-state index contributed by atoms with van der Waals surface area (Å²) in [7, 11) is 1.51. The number of aliphatic hydroxyl groups excluding tert-OH is 1. The number of methoxy groups -OCH3 is 1. The zero-order valence-electron chi connectivity index (χ0n) is 18.1. The van der Waals surface area contributed by atoms with E-state index in [1.165, 1.54) is 12.0 Å². The number of carbonyl (C=O) groups is 2. The molecular formula is C24H24N2O6. The van der Waals surface area contributed by atoms with Crippen LogP contribution in [-0.4, -0.2) is 53.0 Å². The van der Waals surface area contributed by atoms with Gasteiger partial charge in [0.05, 0.1) is 31.1 Å². The number of rotatable bonds is 8. The molecule has 0 bridgehead atoms. The van der Waals surface area contributed by atoms with Gasteiger partial charge in [0.15, 0.2) is 22.9 Å². The van der Waals surface area contributed by atoms with Crippen LogP contribution in [0.3, 0.4) is 0 Å². The Kier molecular flexibility index (Phi) is 5.96. The Morgan fingerprint density at radius 2 is 2.06 bits per heavy atom. The molecule has 3 heterocycles. The van der Waals surface area contributed by atoms with Gasteiger partial charge in [-0.25, -0.2) is 0 Å². The number of hydrogen-bond acceptors (Lipinski definition) is 7. The number of benzene rings is 1. The second-order valence-corrected chi connectivity index (χ2v) is 7.66. The van der Waals surface area contributed by atoms with Crippen LogP contribution >= 0.6 is 0 Å². The van der Waals surface area contributed by atoms with Gasteiger partial charge in [0, 0.05) is 18.1 Å². The van der Waals surface area contributed by atoms with Crippen molar-refractivity contribution in [3.8, 4) is 5.75 Å². The Labute approximate surface area is 185 Å². The smallest absolute Gasteiger partial charge is 0.290 e. The van der Waals surface area contributed by atoms with Crippen molar-refractivity contribution in [1.29, 1.82) is 0 Å². The summed E-state index contributed by atoms with van der Waals surface area (Å²) >= 11 is 0. The number of carbonyl (C=O) groups excluding carboxylic acids is 2. The third-order valence-electron chi connectivity index (χ3n) is 5.25. The van der Waals surface area contributed by atoms with Crippen molar-refractivity contribution in [3.05, 3.63) is 71.4 Å². The zero-order valence-corrected chi connectivity index (χ0v) is 18.1. The number of aromatic nitrogens is 1. The third-order valence-corrected chi connectivity index (χ3v) is 5.25. The zero-order chi connectivity index (χ0) is 22.8. The van der Waals surface area contributed by atoms with Crippen molar-refractivity contribution in [2.75, 3.05) is 20.3 Å². The number of para-hydroxylation sites is 1. The second kappa shape index (κ2) is 8.84. The summed E-state index contributed by atoms with van der Waals surface area (Å²) in [5, 5.41) is 11.4. The summed E-state index contributed by atoms with van der Waals surface area (Å²) in [5.74, 6) is -1.36. The molecule has 1 atom stereocenters. The molecule has 3 aromatic rings. The monoisotopic (exact) mass is 436 g/mol. The van der Waals surface area contributed by atoms with Crippen molar-refractivity contribution in [1.82, 2.24) is 9.88 Å². The molecule has 0 saturated carbocycles. The molecule has 0 radical (unpaired) electrons. The molecule has 0 fully saturated rings. The molecule has 1 aliphatic rings. The number of nitrogens with zero attached hydrogens (tertiary/aromatic N) is 2. The van der Waals surface area contributed by atoms with Gasteiger partial charge in [0.25, 0.3) is 5.91 Å². The van der Waals surface area contributed by atoms with Crippen molar-refractivity contribution in [3.63, 3.8) is 0 Å². The first-order valence-corrected chi connectivity index (χ1v) is 10.3. The highest BCUT2D eigenvalue weighted by atomic mass is 16.5. The van der Waals surface area contributed by atoms with E-state index in [0.29, 0.717) is 22.4 Å². The van der Waals surface area contributed by atoms with E-state index >= 15 is 0 Å². The molecule has 0 aliphatic carbocycles. The first-order chi connectivity index (χ1) is 15.4. The quantitative estimate of drug-likeness (QED) is 0.535. The van der Waals surface area contributed by atoms with Gasteiger partial charge >= 0.3 is 0 Å². The van der Waals surface area contributed by atoms with Crippen LogP contribution in [0.15, 0.2) is 64.4 Å². The number of ether oxygens (including phenoxy) is 2. The predicted octanol–water partition coefficient (Wildman–Crippen LogP) is 3.84. The van der Waals surface area contributed by atoms with Crippen LogP contribution in [0.5, 0.6) is 5.75 Å². The highest BCUT2D eigenvalue weighted by Crippen LogP contribution is 2.39. The van der Waals surface area contributed by atoms with E-state index < -0.39 is 23.5 Å². The Bertz CT molecular complexity index is 1180. The highest BCUT2D eigenvalue weighted by Gasteiger charge is 2.45. The van der Waals surface area contributed by atoms with Gasteiger partial charge in [-0.1, -0.05) is 18.2 Å². The summed E-state index contributed by atoms with van der Waals surface area (Å²) in [5.41, 5.74) is 0.807. The molecular weight excluding hydrogens is 412 g/mol. The minimum absolute atomic E-state index is 0.0000570. The SMILES string of the molecule is COc1cccc2cc(C(=O)C3=C(O)C(=O)N(CCOC(C)C)C3c3ccccn3)oc12. The van der Waals surface area contributed by atoms with Gasteiger partial charge in [-0.2, -0.15) is 0 Å². The molecule has 1 aromatic carbocycles. The average molecular weight is 436 g/mol. The van der Waals surface area contributed by atoms with E-state index in [1.807, 2.05) is 13.8 Å². The van der Waals surface area contributed by atoms with Gasteiger partial charge in [-0.05, 0) is 38.1 Å². The minimum Gasteiger partial charge on any atom is -0.503 e. The fraction of sp³-hybridized carbons (Fsp3) is 0.292. The molecule has 8 heteroatoms. The maximum atomic E-state index is 13.5. The Balaban J connectivity index is 1.75. The van der Waals surface area contributed by atoms with Gasteiger partial charge in [0.1, 0.15) is 6.04 Å². The number of fused-ring (bicyclic) bond motifs is 1. The first kappa shape index (κ1) is 21.6. The number of Topliss-reactive ketones (excluding diaryl/α,β-unsaturated/α-hetero) is 1. The van der Waals surface area contributed by atoms with E-state index in [-0.39, 0.29) is 30.6 Å². The van der Waals surface area contributed by atoms with Crippen LogP contribution in [0.1, 0.15) is 36.1 Å². The molecule has 32 heavy (non-hydrogen) atoms. The van der Waals surface area contributed by atoms with Gasteiger partial charge in [-0.3, -0.25) is 14.6 Å². The minimum atomic E-state index is -0.859. The van der Waals surface area contributed by atoms with Crippen molar-refractivity contribution >= 4 is 22.7 Å². The van der Waals surface area contributed by atoms with E-state index in [1.54, 1.807) is 48.7 Å². The fourth-order valence-electron chi connectivity index (χ4n) is 3.79. The van der Waals surface area contributed by atoms with Crippen LogP contribution in [0, 0.1) is 0 Å². The normalized spacial score (nSPS) is 16.4. The van der Waals surface area contributed by atoms with E-state index in [9.17, 15) is 14.7 Å². The lowest BCUT2D eigenvalue weighted by molar-refractivity contribution is -0.130. The molecule has 4 rings (SSSR count). The molecule has 2 aromatic heterocycles. The Hall–Kier alpha value is -3.65. The molecule has 0 spiro atoms. The maximum absolute atomic E-state index is 13.5. The molecule has 1 unspecified atom stereocenters. The summed E-state index contributed by atoms with van der Waals surface area (Å²) < 4.78 is 16.7. The van der Waals surface area contributed by atoms with Crippen LogP contribution in [0.2, 0.25) is 0 Å². The summed E-state index contributed by atoms with van der Waals surface area (Å²) in [6, 6.07) is 11.2. The summed E-state index contributed by atoms with van der Waals surface area (Å²) in [6.45, 7) is 4.22. The maximum Gasteiger partial charge on any atom is 0.290 e. The van der Waals surface area contributed by atoms with Crippen LogP contribution in [-0.2, 0) is 9.53 Å². The van der Waals surface area contributed by atoms with Crippen molar-refractivity contribution in [2.24, 2.45) is 0 Å². The summed E-state index contributed by atoms with van der Waals surface area (Å²) in [4.78, 5) is 32.1. The van der Waals surface area contributed by atoms with E-state index in [4.69, 9.17) is 13.9 Å². The van der Waals surface area contributed by atoms with Crippen LogP contribution in [0.4, 0.5) is 0 Å². The predicted molar refractivity (Wildman–Crippen MR) is 117 cm³/mol. The van der Waals surface area contributed by atoms with E-state index in [0.717, 1.165) is 0 Å². The number of aliphatic hydroxyl groups is 1.